The minimum atomic E-state index is -0.105. The van der Waals surface area contributed by atoms with E-state index in [1.807, 2.05) is 0 Å². The first-order valence-electron chi connectivity index (χ1n) is 5.23. The van der Waals surface area contributed by atoms with Gasteiger partial charge in [-0.05, 0) is 23.7 Å². The Kier molecular flexibility index (Phi) is 4.63. The molecule has 0 rings (SSSR count). The average Bonchev–Trinajstić information content (AvgIpc) is 1.96. The van der Waals surface area contributed by atoms with Crippen molar-refractivity contribution >= 4 is 5.97 Å². The van der Waals surface area contributed by atoms with Crippen LogP contribution in [0, 0.1) is 10.8 Å². The Bertz CT molecular complexity index is 187. The third kappa shape index (κ3) is 6.93. The molecule has 0 aliphatic carbocycles. The van der Waals surface area contributed by atoms with Crippen molar-refractivity contribution < 1.29 is 9.53 Å². The van der Waals surface area contributed by atoms with E-state index in [1.165, 1.54) is 7.11 Å². The molecule has 2 nitrogen and oxygen atoms in total. The molecule has 0 N–H and O–H groups in total. The Morgan fingerprint density at radius 3 is 2.00 bits per heavy atom. The molecule has 0 saturated carbocycles. The Hall–Kier alpha value is -0.530. The minimum Gasteiger partial charge on any atom is -0.469 e. The summed E-state index contributed by atoms with van der Waals surface area (Å²) in [6, 6.07) is 0. The molecule has 0 saturated heterocycles. The number of ether oxygens (including phenoxy) is 1. The smallest absolute Gasteiger partial charge is 0.305 e. The third-order valence-electron chi connectivity index (χ3n) is 2.24. The Balaban J connectivity index is 4.01. The van der Waals surface area contributed by atoms with Crippen molar-refractivity contribution in [3.63, 3.8) is 0 Å². The SMILES string of the molecule is COC(=O)CCC(C)(C)CC(C)(C)C. The van der Waals surface area contributed by atoms with Crippen LogP contribution >= 0.6 is 0 Å². The van der Waals surface area contributed by atoms with Gasteiger partial charge in [-0.15, -0.1) is 0 Å². The molecule has 0 atom stereocenters. The van der Waals surface area contributed by atoms with E-state index in [9.17, 15) is 4.79 Å². The molecule has 2 heteroatoms. The topological polar surface area (TPSA) is 26.3 Å². The van der Waals surface area contributed by atoms with Gasteiger partial charge in [0.25, 0.3) is 0 Å². The molecule has 0 aromatic carbocycles. The quantitative estimate of drug-likeness (QED) is 0.650. The summed E-state index contributed by atoms with van der Waals surface area (Å²) in [6.45, 7) is 11.1. The van der Waals surface area contributed by atoms with Crippen LogP contribution in [0.2, 0.25) is 0 Å². The second kappa shape index (κ2) is 4.81. The highest BCUT2D eigenvalue weighted by Gasteiger charge is 2.25. The van der Waals surface area contributed by atoms with Crippen molar-refractivity contribution in [1.29, 1.82) is 0 Å². The summed E-state index contributed by atoms with van der Waals surface area (Å²) in [6.07, 6.45) is 2.55. The van der Waals surface area contributed by atoms with Crippen LogP contribution in [-0.4, -0.2) is 13.1 Å². The van der Waals surface area contributed by atoms with E-state index in [-0.39, 0.29) is 11.4 Å². The van der Waals surface area contributed by atoms with E-state index < -0.39 is 0 Å². The van der Waals surface area contributed by atoms with Crippen LogP contribution in [-0.2, 0) is 9.53 Å². The van der Waals surface area contributed by atoms with E-state index in [0.717, 1.165) is 12.8 Å². The number of hydrogen-bond acceptors (Lipinski definition) is 2. The predicted molar refractivity (Wildman–Crippen MR) is 59.1 cm³/mol. The summed E-state index contributed by atoms with van der Waals surface area (Å²) >= 11 is 0. The molecule has 0 aromatic heterocycles. The maximum absolute atomic E-state index is 11.0. The van der Waals surface area contributed by atoms with Crippen LogP contribution in [0.4, 0.5) is 0 Å². The first kappa shape index (κ1) is 13.5. The molecular weight excluding hydrogens is 176 g/mol. The van der Waals surface area contributed by atoms with Gasteiger partial charge in [-0.2, -0.15) is 0 Å². The van der Waals surface area contributed by atoms with Gasteiger partial charge in [-0.3, -0.25) is 4.79 Å². The summed E-state index contributed by atoms with van der Waals surface area (Å²) in [4.78, 5) is 11.0. The van der Waals surface area contributed by atoms with E-state index in [2.05, 4.69) is 39.4 Å². The molecular formula is C12H24O2. The van der Waals surface area contributed by atoms with Crippen molar-refractivity contribution in [3.8, 4) is 0 Å². The highest BCUT2D eigenvalue weighted by molar-refractivity contribution is 5.69. The van der Waals surface area contributed by atoms with Crippen LogP contribution in [0.15, 0.2) is 0 Å². The van der Waals surface area contributed by atoms with Gasteiger partial charge in [0.15, 0.2) is 0 Å². The molecule has 14 heavy (non-hydrogen) atoms. The van der Waals surface area contributed by atoms with E-state index in [4.69, 9.17) is 0 Å². The second-order valence-corrected chi connectivity index (χ2v) is 5.98. The highest BCUT2D eigenvalue weighted by Crippen LogP contribution is 2.36. The number of carbonyl (C=O) groups excluding carboxylic acids is 1. The molecule has 0 fully saturated rings. The van der Waals surface area contributed by atoms with Crippen LogP contribution < -0.4 is 0 Å². The fourth-order valence-corrected chi connectivity index (χ4v) is 2.07. The monoisotopic (exact) mass is 200 g/mol. The van der Waals surface area contributed by atoms with Crippen molar-refractivity contribution in [1.82, 2.24) is 0 Å². The van der Waals surface area contributed by atoms with Gasteiger partial charge >= 0.3 is 5.97 Å². The third-order valence-corrected chi connectivity index (χ3v) is 2.24. The van der Waals surface area contributed by atoms with Gasteiger partial charge in [-0.25, -0.2) is 0 Å². The standard InChI is InChI=1S/C12H24O2/c1-11(2,3)9-12(4,5)8-7-10(13)14-6/h7-9H2,1-6H3. The molecule has 0 amide bonds. The van der Waals surface area contributed by atoms with Crippen LogP contribution in [0.3, 0.4) is 0 Å². The number of esters is 1. The molecule has 0 heterocycles. The lowest BCUT2D eigenvalue weighted by atomic mass is 9.74. The van der Waals surface area contributed by atoms with Crippen molar-refractivity contribution in [2.75, 3.05) is 7.11 Å². The van der Waals surface area contributed by atoms with E-state index in [0.29, 0.717) is 11.8 Å². The van der Waals surface area contributed by atoms with Gasteiger partial charge in [0, 0.05) is 6.42 Å². The van der Waals surface area contributed by atoms with Gasteiger partial charge < -0.3 is 4.74 Å². The largest absolute Gasteiger partial charge is 0.469 e. The fraction of sp³-hybridized carbons (Fsp3) is 0.917. The molecule has 0 aromatic rings. The van der Waals surface area contributed by atoms with E-state index in [1.54, 1.807) is 0 Å². The predicted octanol–water partition coefficient (Wildman–Crippen LogP) is 3.40. The summed E-state index contributed by atoms with van der Waals surface area (Å²) in [5.41, 5.74) is 0.534. The maximum atomic E-state index is 11.0. The zero-order chi connectivity index (χ0) is 11.4. The minimum absolute atomic E-state index is 0.105. The summed E-state index contributed by atoms with van der Waals surface area (Å²) in [5, 5.41) is 0. The molecule has 0 unspecified atom stereocenters. The number of hydrogen-bond donors (Lipinski definition) is 0. The fourth-order valence-electron chi connectivity index (χ4n) is 2.07. The average molecular weight is 200 g/mol. The molecule has 0 aliphatic rings. The van der Waals surface area contributed by atoms with E-state index >= 15 is 0 Å². The number of rotatable bonds is 4. The lowest BCUT2D eigenvalue weighted by Gasteiger charge is -2.32. The van der Waals surface area contributed by atoms with Crippen LogP contribution in [0.5, 0.6) is 0 Å². The lowest BCUT2D eigenvalue weighted by molar-refractivity contribution is -0.141. The first-order valence-corrected chi connectivity index (χ1v) is 5.23. The van der Waals surface area contributed by atoms with Gasteiger partial charge in [0.1, 0.15) is 0 Å². The van der Waals surface area contributed by atoms with Crippen molar-refractivity contribution in [3.05, 3.63) is 0 Å². The van der Waals surface area contributed by atoms with Crippen LogP contribution in [0.1, 0.15) is 53.9 Å². The summed E-state index contributed by atoms with van der Waals surface area (Å²) in [5.74, 6) is -0.105. The molecule has 0 bridgehead atoms. The molecule has 0 radical (unpaired) electrons. The Morgan fingerprint density at radius 2 is 1.64 bits per heavy atom. The highest BCUT2D eigenvalue weighted by atomic mass is 16.5. The molecule has 0 aliphatic heterocycles. The van der Waals surface area contributed by atoms with Gasteiger partial charge in [0.2, 0.25) is 0 Å². The maximum Gasteiger partial charge on any atom is 0.305 e. The first-order chi connectivity index (χ1) is 6.16. The summed E-state index contributed by atoms with van der Waals surface area (Å²) < 4.78 is 4.64. The number of carbonyl (C=O) groups is 1. The molecule has 0 spiro atoms. The normalized spacial score (nSPS) is 12.7. The zero-order valence-corrected chi connectivity index (χ0v) is 10.4. The van der Waals surface area contributed by atoms with Crippen molar-refractivity contribution in [2.45, 2.75) is 53.9 Å². The lowest BCUT2D eigenvalue weighted by Crippen LogP contribution is -2.21. The van der Waals surface area contributed by atoms with Crippen LogP contribution in [0.25, 0.3) is 0 Å². The Morgan fingerprint density at radius 1 is 1.14 bits per heavy atom. The summed E-state index contributed by atoms with van der Waals surface area (Å²) in [7, 11) is 1.44. The second-order valence-electron chi connectivity index (χ2n) is 5.98. The van der Waals surface area contributed by atoms with Gasteiger partial charge in [0.05, 0.1) is 7.11 Å². The molecule has 84 valence electrons. The Labute approximate surface area is 88.0 Å². The number of methoxy groups -OCH3 is 1. The van der Waals surface area contributed by atoms with Gasteiger partial charge in [-0.1, -0.05) is 34.6 Å². The zero-order valence-electron chi connectivity index (χ0n) is 10.4. The van der Waals surface area contributed by atoms with Crippen molar-refractivity contribution in [2.24, 2.45) is 10.8 Å².